The molecule has 0 bridgehead atoms. The molecule has 0 atom stereocenters. The summed E-state index contributed by atoms with van der Waals surface area (Å²) in [4.78, 5) is 26.8. The summed E-state index contributed by atoms with van der Waals surface area (Å²) >= 11 is 5.85. The summed E-state index contributed by atoms with van der Waals surface area (Å²) in [7, 11) is 0. The molecule has 2 heterocycles. The van der Waals surface area contributed by atoms with Gasteiger partial charge < -0.3 is 10.2 Å². The lowest BCUT2D eigenvalue weighted by molar-refractivity contribution is 0.0692. The number of benzene rings is 2. The Hall–Kier alpha value is -3.26. The molecule has 3 aromatic rings. The van der Waals surface area contributed by atoms with Crippen LogP contribution in [0.1, 0.15) is 33.7 Å². The van der Waals surface area contributed by atoms with Gasteiger partial charge in [0, 0.05) is 29.7 Å². The number of nitrogens with zero attached hydrogens (tertiary/aromatic N) is 4. The van der Waals surface area contributed by atoms with Crippen LogP contribution in [0.2, 0.25) is 5.02 Å². The lowest BCUT2D eigenvalue weighted by Crippen LogP contribution is -2.46. The maximum atomic E-state index is 13.4. The molecular formula is C21H19ClFN5O2. The van der Waals surface area contributed by atoms with E-state index in [1.54, 1.807) is 41.3 Å². The average Bonchev–Trinajstić information content (AvgIpc) is 3.24. The Balaban J connectivity index is 1.33. The van der Waals surface area contributed by atoms with Crippen LogP contribution < -0.4 is 5.32 Å². The van der Waals surface area contributed by atoms with Crippen LogP contribution in [-0.2, 0) is 0 Å². The Bertz CT molecular complexity index is 1060. The molecule has 1 aliphatic rings. The summed E-state index contributed by atoms with van der Waals surface area (Å²) in [6.45, 7) is 0.994. The van der Waals surface area contributed by atoms with E-state index in [-0.39, 0.29) is 23.6 Å². The number of likely N-dealkylation sites (tertiary alicyclic amines) is 1. The zero-order chi connectivity index (χ0) is 21.1. The highest BCUT2D eigenvalue weighted by Crippen LogP contribution is 2.16. The van der Waals surface area contributed by atoms with E-state index in [2.05, 4.69) is 15.6 Å². The van der Waals surface area contributed by atoms with Gasteiger partial charge in [0.25, 0.3) is 11.8 Å². The third-order valence-electron chi connectivity index (χ3n) is 5.01. The lowest BCUT2D eigenvalue weighted by atomic mass is 10.0. The summed E-state index contributed by atoms with van der Waals surface area (Å²) in [6, 6.07) is 12.6. The Morgan fingerprint density at radius 1 is 1.10 bits per heavy atom. The Morgan fingerprint density at radius 2 is 1.83 bits per heavy atom. The first-order valence-electron chi connectivity index (χ1n) is 9.53. The number of carbonyl (C=O) groups is 2. The fourth-order valence-electron chi connectivity index (χ4n) is 3.37. The van der Waals surface area contributed by atoms with E-state index in [1.807, 2.05) is 0 Å². The first-order chi connectivity index (χ1) is 14.5. The minimum absolute atomic E-state index is 0.0137. The number of carbonyl (C=O) groups excluding carboxylic acids is 2. The van der Waals surface area contributed by atoms with Gasteiger partial charge in [-0.2, -0.15) is 0 Å². The van der Waals surface area contributed by atoms with E-state index >= 15 is 0 Å². The van der Waals surface area contributed by atoms with Crippen LogP contribution in [0.5, 0.6) is 0 Å². The van der Waals surface area contributed by atoms with Crippen molar-refractivity contribution in [3.8, 4) is 5.69 Å². The van der Waals surface area contributed by atoms with E-state index in [0.717, 1.165) is 0 Å². The molecule has 9 heteroatoms. The van der Waals surface area contributed by atoms with Crippen LogP contribution in [-0.4, -0.2) is 50.8 Å². The smallest absolute Gasteiger partial charge is 0.276 e. The molecule has 1 N–H and O–H groups in total. The third-order valence-corrected chi connectivity index (χ3v) is 5.26. The normalized spacial score (nSPS) is 14.5. The van der Waals surface area contributed by atoms with Gasteiger partial charge in [-0.15, -0.1) is 5.10 Å². The standard InChI is InChI=1S/C21H19ClFN5O2/c22-15-6-4-14(5-7-15)20(29)24-17-8-10-27(11-9-17)21(30)19-13-28(26-25-19)18-3-1-2-16(23)12-18/h1-7,12-13,17H,8-11H2,(H,24,29). The van der Waals surface area contributed by atoms with Gasteiger partial charge >= 0.3 is 0 Å². The number of rotatable bonds is 4. The lowest BCUT2D eigenvalue weighted by Gasteiger charge is -2.31. The van der Waals surface area contributed by atoms with E-state index < -0.39 is 5.82 Å². The maximum Gasteiger partial charge on any atom is 0.276 e. The molecule has 1 aliphatic heterocycles. The summed E-state index contributed by atoms with van der Waals surface area (Å²) in [6.07, 6.45) is 2.78. The molecule has 7 nitrogen and oxygen atoms in total. The minimum atomic E-state index is -0.390. The molecule has 1 saturated heterocycles. The molecule has 0 aliphatic carbocycles. The van der Waals surface area contributed by atoms with Gasteiger partial charge in [0.2, 0.25) is 0 Å². The van der Waals surface area contributed by atoms with Crippen molar-refractivity contribution in [3.05, 3.63) is 76.8 Å². The molecule has 1 aromatic heterocycles. The number of piperidine rings is 1. The van der Waals surface area contributed by atoms with Crippen LogP contribution >= 0.6 is 11.6 Å². The highest BCUT2D eigenvalue weighted by Gasteiger charge is 2.26. The third kappa shape index (κ3) is 4.49. The van der Waals surface area contributed by atoms with Gasteiger partial charge in [-0.05, 0) is 55.3 Å². The van der Waals surface area contributed by atoms with E-state index in [4.69, 9.17) is 11.6 Å². The van der Waals surface area contributed by atoms with Gasteiger partial charge in [-0.3, -0.25) is 9.59 Å². The number of halogens is 2. The fraction of sp³-hybridized carbons (Fsp3) is 0.238. The second-order valence-corrected chi connectivity index (χ2v) is 7.51. The molecule has 0 radical (unpaired) electrons. The minimum Gasteiger partial charge on any atom is -0.349 e. The summed E-state index contributed by atoms with van der Waals surface area (Å²) in [5, 5.41) is 11.4. The molecule has 0 spiro atoms. The second-order valence-electron chi connectivity index (χ2n) is 7.08. The summed E-state index contributed by atoms with van der Waals surface area (Å²) < 4.78 is 14.8. The second kappa shape index (κ2) is 8.62. The van der Waals surface area contributed by atoms with E-state index in [0.29, 0.717) is 42.2 Å². The van der Waals surface area contributed by atoms with Crippen molar-refractivity contribution in [2.24, 2.45) is 0 Å². The van der Waals surface area contributed by atoms with Crippen LogP contribution in [0, 0.1) is 5.82 Å². The van der Waals surface area contributed by atoms with Crippen molar-refractivity contribution in [2.75, 3.05) is 13.1 Å². The van der Waals surface area contributed by atoms with E-state index in [1.165, 1.54) is 23.0 Å². The molecule has 0 unspecified atom stereocenters. The Kier molecular flexibility index (Phi) is 5.76. The highest BCUT2D eigenvalue weighted by molar-refractivity contribution is 6.30. The van der Waals surface area contributed by atoms with Crippen molar-refractivity contribution < 1.29 is 14.0 Å². The zero-order valence-corrected chi connectivity index (χ0v) is 16.7. The molecule has 2 aromatic carbocycles. The molecule has 2 amide bonds. The highest BCUT2D eigenvalue weighted by atomic mass is 35.5. The quantitative estimate of drug-likeness (QED) is 0.693. The largest absolute Gasteiger partial charge is 0.349 e. The number of aromatic nitrogens is 3. The monoisotopic (exact) mass is 427 g/mol. The SMILES string of the molecule is O=C(NC1CCN(C(=O)c2cn(-c3cccc(F)c3)nn2)CC1)c1ccc(Cl)cc1. The molecule has 1 fully saturated rings. The van der Waals surface area contributed by atoms with Crippen molar-refractivity contribution in [1.82, 2.24) is 25.2 Å². The van der Waals surface area contributed by atoms with Gasteiger partial charge in [-0.1, -0.05) is 22.9 Å². The van der Waals surface area contributed by atoms with Crippen LogP contribution in [0.15, 0.2) is 54.7 Å². The van der Waals surface area contributed by atoms with Gasteiger partial charge in [0.05, 0.1) is 11.9 Å². The van der Waals surface area contributed by atoms with Crippen molar-refractivity contribution in [1.29, 1.82) is 0 Å². The van der Waals surface area contributed by atoms with Crippen LogP contribution in [0.4, 0.5) is 4.39 Å². The number of nitrogens with one attached hydrogen (secondary N) is 1. The fourth-order valence-corrected chi connectivity index (χ4v) is 3.49. The van der Waals surface area contributed by atoms with Crippen molar-refractivity contribution in [2.45, 2.75) is 18.9 Å². The molecular weight excluding hydrogens is 409 g/mol. The van der Waals surface area contributed by atoms with Crippen molar-refractivity contribution >= 4 is 23.4 Å². The number of hydrogen-bond acceptors (Lipinski definition) is 4. The maximum absolute atomic E-state index is 13.4. The average molecular weight is 428 g/mol. The Labute approximate surface area is 177 Å². The van der Waals surface area contributed by atoms with Gasteiger partial charge in [0.15, 0.2) is 5.69 Å². The van der Waals surface area contributed by atoms with Crippen LogP contribution in [0.25, 0.3) is 5.69 Å². The van der Waals surface area contributed by atoms with Gasteiger partial charge in [-0.25, -0.2) is 9.07 Å². The molecule has 154 valence electrons. The Morgan fingerprint density at radius 3 is 2.53 bits per heavy atom. The molecule has 0 saturated carbocycles. The predicted octanol–water partition coefficient (Wildman–Crippen LogP) is 3.09. The van der Waals surface area contributed by atoms with Gasteiger partial charge in [0.1, 0.15) is 5.82 Å². The first-order valence-corrected chi connectivity index (χ1v) is 9.91. The van der Waals surface area contributed by atoms with E-state index in [9.17, 15) is 14.0 Å². The number of hydrogen-bond donors (Lipinski definition) is 1. The van der Waals surface area contributed by atoms with Crippen LogP contribution in [0.3, 0.4) is 0 Å². The molecule has 4 rings (SSSR count). The predicted molar refractivity (Wildman–Crippen MR) is 109 cm³/mol. The first kappa shape index (κ1) is 20.0. The summed E-state index contributed by atoms with van der Waals surface area (Å²) in [5.41, 5.74) is 1.24. The summed E-state index contributed by atoms with van der Waals surface area (Å²) in [5.74, 6) is -0.784. The zero-order valence-electron chi connectivity index (χ0n) is 16.0. The number of amides is 2. The van der Waals surface area contributed by atoms with Crippen molar-refractivity contribution in [3.63, 3.8) is 0 Å². The topological polar surface area (TPSA) is 80.1 Å². The molecule has 30 heavy (non-hydrogen) atoms.